The van der Waals surface area contributed by atoms with Gasteiger partial charge in [0.25, 0.3) is 0 Å². The van der Waals surface area contributed by atoms with Crippen LogP contribution in [0.3, 0.4) is 0 Å². The van der Waals surface area contributed by atoms with E-state index in [9.17, 15) is 8.42 Å². The van der Waals surface area contributed by atoms with Gasteiger partial charge in [0, 0.05) is 25.2 Å². The van der Waals surface area contributed by atoms with Gasteiger partial charge < -0.3 is 15.2 Å². The van der Waals surface area contributed by atoms with Crippen LogP contribution in [0.2, 0.25) is 0 Å². The van der Waals surface area contributed by atoms with Crippen molar-refractivity contribution in [3.63, 3.8) is 0 Å². The lowest BCUT2D eigenvalue weighted by atomic mass is 10.3. The molecule has 1 saturated heterocycles. The van der Waals surface area contributed by atoms with E-state index >= 15 is 0 Å². The van der Waals surface area contributed by atoms with Crippen molar-refractivity contribution in [2.75, 3.05) is 27.3 Å². The molecule has 2 rings (SSSR count). The Hall–Kier alpha value is -0.830. The molecule has 0 bridgehead atoms. The average Bonchev–Trinajstić information content (AvgIpc) is 2.85. The molecular formula is C12H17BrN2O4S. The van der Waals surface area contributed by atoms with Gasteiger partial charge in [-0.3, -0.25) is 0 Å². The molecule has 0 amide bonds. The van der Waals surface area contributed by atoms with Crippen LogP contribution < -0.4 is 15.2 Å². The van der Waals surface area contributed by atoms with Crippen LogP contribution in [0.25, 0.3) is 0 Å². The molecule has 2 N–H and O–H groups in total. The second-order valence-corrected chi connectivity index (χ2v) is 7.31. The number of rotatable bonds is 4. The molecule has 0 aliphatic carbocycles. The number of ether oxygens (including phenoxy) is 2. The predicted octanol–water partition coefficient (Wildman–Crippen LogP) is 1.19. The zero-order chi connectivity index (χ0) is 14.9. The SMILES string of the molecule is COc1cc(OC)c(S(=O)(=O)N2CC[C@@H](N)C2)cc1Br. The molecule has 6 nitrogen and oxygen atoms in total. The smallest absolute Gasteiger partial charge is 0.246 e. The molecule has 1 fully saturated rings. The van der Waals surface area contributed by atoms with E-state index in [0.717, 1.165) is 0 Å². The Labute approximate surface area is 127 Å². The predicted molar refractivity (Wildman–Crippen MR) is 78.6 cm³/mol. The van der Waals surface area contributed by atoms with Crippen molar-refractivity contribution >= 4 is 26.0 Å². The molecule has 1 heterocycles. The van der Waals surface area contributed by atoms with Crippen molar-refractivity contribution in [2.24, 2.45) is 5.73 Å². The van der Waals surface area contributed by atoms with Crippen molar-refractivity contribution in [3.8, 4) is 11.5 Å². The van der Waals surface area contributed by atoms with Crippen molar-refractivity contribution < 1.29 is 17.9 Å². The molecule has 1 aliphatic heterocycles. The summed E-state index contributed by atoms with van der Waals surface area (Å²) in [5.41, 5.74) is 5.78. The lowest BCUT2D eigenvalue weighted by Crippen LogP contribution is -2.32. The van der Waals surface area contributed by atoms with Crippen LogP contribution in [0, 0.1) is 0 Å². The largest absolute Gasteiger partial charge is 0.495 e. The van der Waals surface area contributed by atoms with E-state index < -0.39 is 10.0 Å². The third-order valence-electron chi connectivity index (χ3n) is 3.24. The van der Waals surface area contributed by atoms with Crippen LogP contribution in [0.5, 0.6) is 11.5 Å². The molecule has 1 aromatic carbocycles. The minimum atomic E-state index is -3.62. The monoisotopic (exact) mass is 364 g/mol. The van der Waals surface area contributed by atoms with Gasteiger partial charge in [0.1, 0.15) is 16.4 Å². The Kier molecular flexibility index (Phi) is 4.58. The minimum absolute atomic E-state index is 0.113. The van der Waals surface area contributed by atoms with Gasteiger partial charge in [-0.2, -0.15) is 4.31 Å². The van der Waals surface area contributed by atoms with Crippen LogP contribution >= 0.6 is 15.9 Å². The van der Waals surface area contributed by atoms with E-state index in [4.69, 9.17) is 15.2 Å². The summed E-state index contributed by atoms with van der Waals surface area (Å²) in [6.45, 7) is 0.755. The fourth-order valence-corrected chi connectivity index (χ4v) is 4.48. The first-order valence-electron chi connectivity index (χ1n) is 6.07. The van der Waals surface area contributed by atoms with Gasteiger partial charge in [-0.15, -0.1) is 0 Å². The number of nitrogens with zero attached hydrogens (tertiary/aromatic N) is 1. The highest BCUT2D eigenvalue weighted by molar-refractivity contribution is 9.10. The van der Waals surface area contributed by atoms with E-state index in [1.807, 2.05) is 0 Å². The van der Waals surface area contributed by atoms with E-state index in [1.165, 1.54) is 24.6 Å². The van der Waals surface area contributed by atoms with Crippen LogP contribution in [-0.4, -0.2) is 46.1 Å². The fraction of sp³-hybridized carbons (Fsp3) is 0.500. The Morgan fingerprint density at radius 3 is 2.45 bits per heavy atom. The van der Waals surface area contributed by atoms with Gasteiger partial charge in [-0.05, 0) is 28.4 Å². The third-order valence-corrected chi connectivity index (χ3v) is 5.75. The van der Waals surface area contributed by atoms with E-state index in [0.29, 0.717) is 29.7 Å². The number of halogens is 1. The average molecular weight is 365 g/mol. The molecule has 0 saturated carbocycles. The highest BCUT2D eigenvalue weighted by Crippen LogP contribution is 2.37. The number of sulfonamides is 1. The van der Waals surface area contributed by atoms with Crippen molar-refractivity contribution in [1.29, 1.82) is 0 Å². The zero-order valence-corrected chi connectivity index (χ0v) is 13.7. The lowest BCUT2D eigenvalue weighted by molar-refractivity contribution is 0.382. The Balaban J connectivity index is 2.48. The first kappa shape index (κ1) is 15.6. The maximum atomic E-state index is 12.6. The summed E-state index contributed by atoms with van der Waals surface area (Å²) in [5.74, 6) is 0.768. The summed E-state index contributed by atoms with van der Waals surface area (Å²) in [7, 11) is -0.684. The fourth-order valence-electron chi connectivity index (χ4n) is 2.15. The molecule has 112 valence electrons. The molecule has 0 radical (unpaired) electrons. The molecule has 0 aromatic heterocycles. The summed E-state index contributed by atoms with van der Waals surface area (Å²) in [5, 5.41) is 0. The lowest BCUT2D eigenvalue weighted by Gasteiger charge is -2.19. The normalized spacial score (nSPS) is 20.1. The summed E-state index contributed by atoms with van der Waals surface area (Å²) < 4.78 is 37.5. The highest BCUT2D eigenvalue weighted by atomic mass is 79.9. The quantitative estimate of drug-likeness (QED) is 0.867. The molecule has 1 atom stereocenters. The minimum Gasteiger partial charge on any atom is -0.495 e. The second kappa shape index (κ2) is 5.88. The molecule has 1 aliphatic rings. The Morgan fingerprint density at radius 1 is 1.30 bits per heavy atom. The van der Waals surface area contributed by atoms with Gasteiger partial charge in [0.2, 0.25) is 10.0 Å². The van der Waals surface area contributed by atoms with Gasteiger partial charge >= 0.3 is 0 Å². The summed E-state index contributed by atoms with van der Waals surface area (Å²) in [6.07, 6.45) is 0.666. The number of benzene rings is 1. The van der Waals surface area contributed by atoms with Crippen molar-refractivity contribution in [3.05, 3.63) is 16.6 Å². The van der Waals surface area contributed by atoms with Crippen LogP contribution in [0.4, 0.5) is 0 Å². The van der Waals surface area contributed by atoms with Crippen LogP contribution in [0.15, 0.2) is 21.5 Å². The number of nitrogens with two attached hydrogens (primary N) is 1. The van der Waals surface area contributed by atoms with Crippen LogP contribution in [0.1, 0.15) is 6.42 Å². The van der Waals surface area contributed by atoms with Crippen molar-refractivity contribution in [1.82, 2.24) is 4.31 Å². The molecule has 0 unspecified atom stereocenters. The summed E-state index contributed by atoms with van der Waals surface area (Å²) >= 11 is 3.30. The van der Waals surface area contributed by atoms with E-state index in [2.05, 4.69) is 15.9 Å². The summed E-state index contributed by atoms with van der Waals surface area (Å²) in [6, 6.07) is 2.93. The summed E-state index contributed by atoms with van der Waals surface area (Å²) in [4.78, 5) is 0.113. The number of methoxy groups -OCH3 is 2. The molecular weight excluding hydrogens is 348 g/mol. The first-order chi connectivity index (χ1) is 9.40. The second-order valence-electron chi connectivity index (χ2n) is 4.55. The zero-order valence-electron chi connectivity index (χ0n) is 11.3. The third kappa shape index (κ3) is 2.78. The standard InChI is InChI=1S/C12H17BrN2O4S/c1-18-10-6-11(19-2)12(5-9(10)13)20(16,17)15-4-3-8(14)7-15/h5-6,8H,3-4,7,14H2,1-2H3/t8-/m1/s1. The molecule has 8 heteroatoms. The van der Waals surface area contributed by atoms with Gasteiger partial charge in [-0.1, -0.05) is 0 Å². The molecule has 0 spiro atoms. The maximum absolute atomic E-state index is 12.6. The molecule has 20 heavy (non-hydrogen) atoms. The van der Waals surface area contributed by atoms with Gasteiger partial charge in [0.15, 0.2) is 0 Å². The van der Waals surface area contributed by atoms with Crippen molar-refractivity contribution in [2.45, 2.75) is 17.4 Å². The maximum Gasteiger partial charge on any atom is 0.246 e. The molecule has 1 aromatic rings. The van der Waals surface area contributed by atoms with Gasteiger partial charge in [0.05, 0.1) is 18.7 Å². The van der Waals surface area contributed by atoms with E-state index in [-0.39, 0.29) is 16.7 Å². The van der Waals surface area contributed by atoms with Gasteiger partial charge in [-0.25, -0.2) is 8.42 Å². The van der Waals surface area contributed by atoms with E-state index in [1.54, 1.807) is 6.07 Å². The Morgan fingerprint density at radius 2 is 1.95 bits per heavy atom. The Bertz CT molecular complexity index is 606. The number of hydrogen-bond acceptors (Lipinski definition) is 5. The first-order valence-corrected chi connectivity index (χ1v) is 8.30. The topological polar surface area (TPSA) is 81.9 Å². The van der Waals surface area contributed by atoms with Crippen LogP contribution in [-0.2, 0) is 10.0 Å². The highest BCUT2D eigenvalue weighted by Gasteiger charge is 2.33. The number of hydrogen-bond donors (Lipinski definition) is 1.